The molecule has 6 aromatic rings. The number of anilines is 4. The van der Waals surface area contributed by atoms with Crippen molar-refractivity contribution < 1.29 is 23.6 Å². The van der Waals surface area contributed by atoms with Gasteiger partial charge in [-0.1, -0.05) is 54.1 Å². The summed E-state index contributed by atoms with van der Waals surface area (Å²) < 4.78 is 31.9. The first-order valence-electron chi connectivity index (χ1n) is 21.7. The second-order valence-electron chi connectivity index (χ2n) is 16.5. The van der Waals surface area contributed by atoms with Gasteiger partial charge < -0.3 is 34.8 Å². The van der Waals surface area contributed by atoms with Crippen molar-refractivity contribution in [2.75, 3.05) is 79.0 Å². The summed E-state index contributed by atoms with van der Waals surface area (Å²) in [4.78, 5) is 19.4. The molecule has 4 N–H and O–H groups in total. The van der Waals surface area contributed by atoms with E-state index in [0.29, 0.717) is 29.4 Å². The van der Waals surface area contributed by atoms with E-state index in [-0.39, 0.29) is 28.9 Å². The first kappa shape index (κ1) is 47.4. The number of benzene rings is 5. The van der Waals surface area contributed by atoms with E-state index in [2.05, 4.69) is 66.0 Å². The Kier molecular flexibility index (Phi) is 16.1. The zero-order valence-electron chi connectivity index (χ0n) is 36.6. The van der Waals surface area contributed by atoms with Crippen LogP contribution in [0.5, 0.6) is 0 Å². The van der Waals surface area contributed by atoms with Crippen LogP contribution in [0.25, 0.3) is 22.3 Å². The average Bonchev–Trinajstić information content (AvgIpc) is 3.58. The fraction of sp³-hybridized carbons (Fsp3) is 0.306. The third-order valence-electron chi connectivity index (χ3n) is 11.4. The molecule has 0 spiro atoms. The lowest BCUT2D eigenvalue weighted by Crippen LogP contribution is -2.30. The highest BCUT2D eigenvalue weighted by molar-refractivity contribution is 7.99. The number of aliphatic hydroxyl groups excluding tert-OH is 2. The smallest absolute Gasteiger partial charge is 0.293 e. The van der Waals surface area contributed by atoms with E-state index in [0.717, 1.165) is 90.2 Å². The summed E-state index contributed by atoms with van der Waals surface area (Å²) in [5.41, 5.74) is 6.58. The van der Waals surface area contributed by atoms with Gasteiger partial charge in [0.25, 0.3) is 15.7 Å². The minimum Gasteiger partial charge on any atom is -0.394 e. The molecule has 0 bridgehead atoms. The minimum absolute atomic E-state index is 0.107. The molecule has 13 nitrogen and oxygen atoms in total. The molecule has 1 aliphatic rings. The number of aromatic nitrogens is 1. The number of thioether (sulfide) groups is 1. The molecule has 1 aliphatic heterocycles. The molecule has 2 atom stereocenters. The van der Waals surface area contributed by atoms with Crippen molar-refractivity contribution in [2.45, 2.75) is 47.7 Å². The van der Waals surface area contributed by atoms with Crippen LogP contribution in [0.15, 0.2) is 144 Å². The second-order valence-corrected chi connectivity index (χ2v) is 19.7. The first-order chi connectivity index (χ1) is 31.3. The third kappa shape index (κ3) is 12.8. The van der Waals surface area contributed by atoms with Crippen LogP contribution in [-0.4, -0.2) is 104 Å². The summed E-state index contributed by atoms with van der Waals surface area (Å²) >= 11 is 7.89. The molecule has 1 aromatic heterocycles. The third-order valence-corrected chi connectivity index (χ3v) is 14.2. The Bertz CT molecular complexity index is 2610. The summed E-state index contributed by atoms with van der Waals surface area (Å²) in [5.74, 6) is 0.668. The first-order valence-corrected chi connectivity index (χ1v) is 24.6. The number of nitrogens with zero attached hydrogens (tertiary/aromatic N) is 5. The van der Waals surface area contributed by atoms with Gasteiger partial charge in [-0.3, -0.25) is 14.8 Å². The van der Waals surface area contributed by atoms with Crippen LogP contribution in [0, 0.1) is 10.1 Å². The Morgan fingerprint density at radius 3 is 2.18 bits per heavy atom. The molecule has 0 aliphatic carbocycles. The average molecular weight is 939 g/mol. The lowest BCUT2D eigenvalue weighted by Gasteiger charge is -2.25. The van der Waals surface area contributed by atoms with Crippen LogP contribution in [0.2, 0.25) is 5.02 Å². The van der Waals surface area contributed by atoms with Gasteiger partial charge in [0.15, 0.2) is 0 Å². The number of sulfonamides is 1. The van der Waals surface area contributed by atoms with Gasteiger partial charge in [0, 0.05) is 101 Å². The van der Waals surface area contributed by atoms with Crippen LogP contribution in [0.1, 0.15) is 19.3 Å². The van der Waals surface area contributed by atoms with Gasteiger partial charge >= 0.3 is 0 Å². The molecule has 1 saturated heterocycles. The van der Waals surface area contributed by atoms with E-state index in [1.165, 1.54) is 12.1 Å². The maximum absolute atomic E-state index is 13.6. The van der Waals surface area contributed by atoms with Crippen molar-refractivity contribution in [1.29, 1.82) is 0 Å². The predicted molar refractivity (Wildman–Crippen MR) is 265 cm³/mol. The normalized spacial score (nSPS) is 14.2. The fourth-order valence-electron chi connectivity index (χ4n) is 7.87. The van der Waals surface area contributed by atoms with E-state index in [1.807, 2.05) is 80.8 Å². The Labute approximate surface area is 390 Å². The molecule has 0 radical (unpaired) electrons. The summed E-state index contributed by atoms with van der Waals surface area (Å²) in [6.07, 6.45) is 5.46. The molecular formula is C49H56ClN7O6S2. The topological polar surface area (TPSA) is 156 Å². The largest absolute Gasteiger partial charge is 0.394 e. The zero-order valence-corrected chi connectivity index (χ0v) is 39.0. The monoisotopic (exact) mass is 937 g/mol. The van der Waals surface area contributed by atoms with Gasteiger partial charge in [-0.2, -0.15) is 0 Å². The number of hydrogen-bond acceptors (Lipinski definition) is 11. The van der Waals surface area contributed by atoms with Gasteiger partial charge in [-0.25, -0.2) is 8.42 Å². The van der Waals surface area contributed by atoms with Crippen molar-refractivity contribution in [3.63, 3.8) is 0 Å². The van der Waals surface area contributed by atoms with Gasteiger partial charge in [-0.05, 0) is 124 Å². The predicted octanol–water partition coefficient (Wildman–Crippen LogP) is 9.17. The molecule has 16 heteroatoms. The quantitative estimate of drug-likeness (QED) is 0.0329. The van der Waals surface area contributed by atoms with Gasteiger partial charge in [0.05, 0.1) is 22.5 Å². The lowest BCUT2D eigenvalue weighted by atomic mass is 9.98. The summed E-state index contributed by atoms with van der Waals surface area (Å²) in [6.45, 7) is 4.24. The van der Waals surface area contributed by atoms with Crippen LogP contribution in [0.3, 0.4) is 0 Å². The van der Waals surface area contributed by atoms with Gasteiger partial charge in [-0.15, -0.1) is 11.8 Å². The van der Waals surface area contributed by atoms with Crippen molar-refractivity contribution in [3.05, 3.63) is 149 Å². The lowest BCUT2D eigenvalue weighted by molar-refractivity contribution is -0.384. The molecule has 65 heavy (non-hydrogen) atoms. The van der Waals surface area contributed by atoms with E-state index in [9.17, 15) is 28.7 Å². The van der Waals surface area contributed by atoms with E-state index in [1.54, 1.807) is 23.9 Å². The zero-order chi connectivity index (χ0) is 45.9. The highest BCUT2D eigenvalue weighted by Crippen LogP contribution is 2.36. The number of hydrogen-bond donors (Lipinski definition) is 4. The fourth-order valence-corrected chi connectivity index (χ4v) is 10.1. The standard InChI is InChI=1S/C49H56ClN7O6S2/c1-53(2)26-22-40(35-64-44-10-4-3-5-11-44)51-48-21-20-45(31-49(48)57(60)61)65(62,63)52-39-16-18-41(19-17-39)55-24-7-25-56(29-28-55)42-9-6-8-37(30-42)47-33-54(27-23-43(59)34-58)32-46(47)36-12-14-38(50)15-13-36/h3-6,8-21,30-33,40,43,51-52,58-59H,7,22-29,34-35H2,1-2H3/t40-,43+/m1/s1. The van der Waals surface area contributed by atoms with Crippen molar-refractivity contribution >= 4 is 61.8 Å². The SMILES string of the molecule is CN(C)CC[C@H](CSc1ccccc1)Nc1ccc(S(=O)(=O)Nc2ccc(N3CCCN(c4cccc(-c5cn(CC[C@H](O)CO)cc5-c5ccc(Cl)cc5)c4)CC3)cc2)cc1[N+](=O)[O-]. The number of aliphatic hydroxyl groups is 2. The number of nitro groups is 1. The minimum atomic E-state index is -4.15. The van der Waals surface area contributed by atoms with Crippen LogP contribution < -0.4 is 19.8 Å². The molecule has 7 rings (SSSR count). The van der Waals surface area contributed by atoms with Crippen LogP contribution in [0.4, 0.5) is 28.4 Å². The number of halogens is 1. The molecular weight excluding hydrogens is 882 g/mol. The molecule has 1 fully saturated rings. The summed E-state index contributed by atoms with van der Waals surface area (Å²) in [5, 5.41) is 35.7. The number of rotatable bonds is 20. The highest BCUT2D eigenvalue weighted by Gasteiger charge is 2.24. The molecule has 342 valence electrons. The number of nitro benzene ring substituents is 1. The molecule has 0 saturated carbocycles. The van der Waals surface area contributed by atoms with Crippen LogP contribution in [-0.2, 0) is 16.6 Å². The van der Waals surface area contributed by atoms with Crippen LogP contribution >= 0.6 is 23.4 Å². The van der Waals surface area contributed by atoms with E-state index in [4.69, 9.17) is 11.6 Å². The van der Waals surface area contributed by atoms with E-state index < -0.39 is 21.1 Å². The Morgan fingerprint density at radius 1 is 0.815 bits per heavy atom. The van der Waals surface area contributed by atoms with Crippen molar-refractivity contribution in [3.8, 4) is 22.3 Å². The Morgan fingerprint density at radius 2 is 1.51 bits per heavy atom. The molecule has 5 aromatic carbocycles. The second kappa shape index (κ2) is 22.1. The molecule has 0 unspecified atom stereocenters. The Hall–Kier alpha value is -5.55. The van der Waals surface area contributed by atoms with Crippen molar-refractivity contribution in [2.24, 2.45) is 0 Å². The summed E-state index contributed by atoms with van der Waals surface area (Å²) in [6, 6.07) is 37.4. The molecule has 2 heterocycles. The molecule has 0 amide bonds. The van der Waals surface area contributed by atoms with Crippen molar-refractivity contribution in [1.82, 2.24) is 9.47 Å². The number of nitrogens with one attached hydrogen (secondary N) is 2. The Balaban J connectivity index is 1.00. The van der Waals surface area contributed by atoms with Gasteiger partial charge in [0.1, 0.15) is 5.69 Å². The summed E-state index contributed by atoms with van der Waals surface area (Å²) in [7, 11) is -0.195. The van der Waals surface area contributed by atoms with E-state index >= 15 is 0 Å². The maximum atomic E-state index is 13.6. The number of aryl methyl sites for hydroxylation is 1. The maximum Gasteiger partial charge on any atom is 0.293 e. The highest BCUT2D eigenvalue weighted by atomic mass is 35.5. The van der Waals surface area contributed by atoms with Gasteiger partial charge in [0.2, 0.25) is 0 Å².